The van der Waals surface area contributed by atoms with E-state index in [0.717, 1.165) is 19.3 Å². The van der Waals surface area contributed by atoms with E-state index in [9.17, 15) is 9.59 Å². The van der Waals surface area contributed by atoms with Gasteiger partial charge in [0.2, 0.25) is 0 Å². The van der Waals surface area contributed by atoms with Crippen LogP contribution in [0, 0.1) is 5.92 Å². The molecule has 1 unspecified atom stereocenters. The smallest absolute Gasteiger partial charge is 0.306 e. The number of esters is 1. The zero-order valence-corrected chi connectivity index (χ0v) is 10.2. The molecule has 4 heteroatoms. The highest BCUT2D eigenvalue weighted by Gasteiger charge is 2.17. The van der Waals surface area contributed by atoms with E-state index in [1.54, 1.807) is 0 Å². The van der Waals surface area contributed by atoms with E-state index in [1.165, 1.54) is 0 Å². The van der Waals surface area contributed by atoms with Crippen LogP contribution in [0.3, 0.4) is 0 Å². The van der Waals surface area contributed by atoms with E-state index in [0.29, 0.717) is 19.4 Å². The number of aliphatic carboxylic acids is 1. The highest BCUT2D eigenvalue weighted by molar-refractivity contribution is 5.73. The lowest BCUT2D eigenvalue weighted by Gasteiger charge is -2.10. The number of carboxylic acid groups (broad SMARTS) is 1. The van der Waals surface area contributed by atoms with E-state index in [4.69, 9.17) is 9.84 Å². The van der Waals surface area contributed by atoms with Gasteiger partial charge in [-0.3, -0.25) is 9.59 Å². The quantitative estimate of drug-likeness (QED) is 0.488. The van der Waals surface area contributed by atoms with Crippen LogP contribution in [0.15, 0.2) is 0 Å². The fourth-order valence-electron chi connectivity index (χ4n) is 1.43. The van der Waals surface area contributed by atoms with Gasteiger partial charge in [-0.05, 0) is 19.3 Å². The second-order valence-corrected chi connectivity index (χ2v) is 3.94. The first-order valence-corrected chi connectivity index (χ1v) is 6.00. The van der Waals surface area contributed by atoms with Crippen molar-refractivity contribution in [1.29, 1.82) is 0 Å². The zero-order valence-electron chi connectivity index (χ0n) is 10.2. The van der Waals surface area contributed by atoms with Gasteiger partial charge < -0.3 is 9.84 Å². The molecule has 4 nitrogen and oxygen atoms in total. The number of hydrogen-bond donors (Lipinski definition) is 1. The summed E-state index contributed by atoms with van der Waals surface area (Å²) in [6.45, 7) is 4.41. The molecule has 0 fully saturated rings. The van der Waals surface area contributed by atoms with Crippen molar-refractivity contribution in [2.24, 2.45) is 5.92 Å². The average molecular weight is 230 g/mol. The number of unbranched alkanes of at least 4 members (excludes halogenated alkanes) is 1. The molecule has 0 aliphatic rings. The van der Waals surface area contributed by atoms with E-state index in [1.807, 2.05) is 13.8 Å². The Morgan fingerprint density at radius 3 is 2.38 bits per heavy atom. The molecule has 0 bridgehead atoms. The van der Waals surface area contributed by atoms with Crippen molar-refractivity contribution in [3.05, 3.63) is 0 Å². The minimum absolute atomic E-state index is 0.209. The molecule has 1 N–H and O–H groups in total. The molecule has 16 heavy (non-hydrogen) atoms. The van der Waals surface area contributed by atoms with Crippen molar-refractivity contribution in [1.82, 2.24) is 0 Å². The fraction of sp³-hybridized carbons (Fsp3) is 0.833. The minimum atomic E-state index is -0.816. The summed E-state index contributed by atoms with van der Waals surface area (Å²) >= 11 is 0. The molecule has 0 spiro atoms. The molecule has 0 aromatic carbocycles. The molecule has 94 valence electrons. The Morgan fingerprint density at radius 1 is 1.19 bits per heavy atom. The van der Waals surface area contributed by atoms with Gasteiger partial charge in [-0.15, -0.1) is 0 Å². The predicted octanol–water partition coefficient (Wildman–Crippen LogP) is 2.61. The summed E-state index contributed by atoms with van der Waals surface area (Å²) in [4.78, 5) is 22.0. The van der Waals surface area contributed by atoms with Crippen molar-refractivity contribution in [2.45, 2.75) is 52.4 Å². The lowest BCUT2D eigenvalue weighted by Crippen LogP contribution is -2.16. The summed E-state index contributed by atoms with van der Waals surface area (Å²) in [5, 5.41) is 8.88. The number of hydrogen-bond acceptors (Lipinski definition) is 3. The summed E-state index contributed by atoms with van der Waals surface area (Å²) in [5.74, 6) is -1.51. The number of ether oxygens (including phenoxy) is 1. The van der Waals surface area contributed by atoms with Gasteiger partial charge in [-0.2, -0.15) is 0 Å². The van der Waals surface area contributed by atoms with Gasteiger partial charge in [0.1, 0.15) is 0 Å². The van der Waals surface area contributed by atoms with Gasteiger partial charge in [0.15, 0.2) is 0 Å². The Hall–Kier alpha value is -1.06. The Bertz CT molecular complexity index is 213. The van der Waals surface area contributed by atoms with Gasteiger partial charge in [0, 0.05) is 6.42 Å². The molecule has 0 saturated carbocycles. The van der Waals surface area contributed by atoms with Crippen LogP contribution in [0.1, 0.15) is 52.4 Å². The van der Waals surface area contributed by atoms with Gasteiger partial charge in [-0.1, -0.05) is 26.7 Å². The largest absolute Gasteiger partial charge is 0.481 e. The summed E-state index contributed by atoms with van der Waals surface area (Å²) in [6.07, 6.45) is 3.89. The molecule has 0 aliphatic heterocycles. The van der Waals surface area contributed by atoms with Gasteiger partial charge in [-0.25, -0.2) is 0 Å². The molecule has 1 atom stereocenters. The molecule has 0 heterocycles. The van der Waals surface area contributed by atoms with Crippen molar-refractivity contribution < 1.29 is 19.4 Å². The molecule has 0 rings (SSSR count). The predicted molar refractivity (Wildman–Crippen MR) is 61.1 cm³/mol. The lowest BCUT2D eigenvalue weighted by molar-refractivity contribution is -0.145. The Labute approximate surface area is 97.0 Å². The van der Waals surface area contributed by atoms with E-state index >= 15 is 0 Å². The third-order valence-corrected chi connectivity index (χ3v) is 2.44. The third-order valence-electron chi connectivity index (χ3n) is 2.44. The highest BCUT2D eigenvalue weighted by atomic mass is 16.5. The molecular formula is C12H22O4. The van der Waals surface area contributed by atoms with Crippen LogP contribution in [0.25, 0.3) is 0 Å². The maximum absolute atomic E-state index is 11.2. The molecule has 0 saturated heterocycles. The van der Waals surface area contributed by atoms with Crippen LogP contribution < -0.4 is 0 Å². The van der Waals surface area contributed by atoms with Gasteiger partial charge in [0.05, 0.1) is 12.5 Å². The molecule has 0 radical (unpaired) electrons. The van der Waals surface area contributed by atoms with Crippen LogP contribution in [0.2, 0.25) is 0 Å². The molecule has 0 aromatic heterocycles. The summed E-state index contributed by atoms with van der Waals surface area (Å²) in [7, 11) is 0. The van der Waals surface area contributed by atoms with Gasteiger partial charge >= 0.3 is 11.9 Å². The second kappa shape index (κ2) is 9.19. The Balaban J connectivity index is 3.74. The summed E-state index contributed by atoms with van der Waals surface area (Å²) < 4.78 is 4.96. The van der Waals surface area contributed by atoms with Crippen LogP contribution in [-0.2, 0) is 14.3 Å². The van der Waals surface area contributed by atoms with Crippen LogP contribution in [0.5, 0.6) is 0 Å². The van der Waals surface area contributed by atoms with E-state index in [2.05, 4.69) is 0 Å². The normalized spacial score (nSPS) is 12.1. The van der Waals surface area contributed by atoms with Gasteiger partial charge in [0.25, 0.3) is 0 Å². The standard InChI is InChI=1S/C12H22O4/c1-3-5-9-16-11(13)8-7-10(6-4-2)12(14)15/h10H,3-9H2,1-2H3,(H,14,15). The average Bonchev–Trinajstić information content (AvgIpc) is 2.24. The topological polar surface area (TPSA) is 63.6 Å². The number of rotatable bonds is 9. The molecular weight excluding hydrogens is 208 g/mol. The highest BCUT2D eigenvalue weighted by Crippen LogP contribution is 2.14. The third kappa shape index (κ3) is 7.26. The summed E-state index contributed by atoms with van der Waals surface area (Å²) in [5.41, 5.74) is 0. The maximum atomic E-state index is 11.2. The minimum Gasteiger partial charge on any atom is -0.481 e. The number of carbonyl (C=O) groups excluding carboxylic acids is 1. The molecule has 0 aliphatic carbocycles. The van der Waals surface area contributed by atoms with Crippen molar-refractivity contribution in [3.8, 4) is 0 Å². The van der Waals surface area contributed by atoms with Crippen molar-refractivity contribution in [3.63, 3.8) is 0 Å². The van der Waals surface area contributed by atoms with Crippen LogP contribution in [-0.4, -0.2) is 23.7 Å². The number of carboxylic acids is 1. The molecule has 0 aromatic rings. The first-order chi connectivity index (χ1) is 7.61. The first kappa shape index (κ1) is 14.9. The lowest BCUT2D eigenvalue weighted by atomic mass is 9.98. The first-order valence-electron chi connectivity index (χ1n) is 6.00. The monoisotopic (exact) mass is 230 g/mol. The zero-order chi connectivity index (χ0) is 12.4. The maximum Gasteiger partial charge on any atom is 0.306 e. The van der Waals surface area contributed by atoms with Crippen molar-refractivity contribution >= 4 is 11.9 Å². The summed E-state index contributed by atoms with van der Waals surface area (Å²) in [6, 6.07) is 0. The number of carbonyl (C=O) groups is 2. The van der Waals surface area contributed by atoms with E-state index < -0.39 is 11.9 Å². The Kier molecular flexibility index (Phi) is 8.58. The van der Waals surface area contributed by atoms with Crippen molar-refractivity contribution in [2.75, 3.05) is 6.61 Å². The Morgan fingerprint density at radius 2 is 1.88 bits per heavy atom. The fourth-order valence-corrected chi connectivity index (χ4v) is 1.43. The van der Waals surface area contributed by atoms with E-state index in [-0.39, 0.29) is 12.4 Å². The van der Waals surface area contributed by atoms with Crippen LogP contribution in [0.4, 0.5) is 0 Å². The second-order valence-electron chi connectivity index (χ2n) is 3.94. The SMILES string of the molecule is CCCCOC(=O)CCC(CCC)C(=O)O. The molecule has 0 amide bonds. The van der Waals surface area contributed by atoms with Crippen LogP contribution >= 0.6 is 0 Å².